The molecule has 1 aliphatic rings. The molecule has 1 aliphatic carbocycles. The van der Waals surface area contributed by atoms with E-state index in [1.807, 2.05) is 11.8 Å². The van der Waals surface area contributed by atoms with Crippen LogP contribution in [0.3, 0.4) is 0 Å². The van der Waals surface area contributed by atoms with Gasteiger partial charge in [-0.1, -0.05) is 12.5 Å². The summed E-state index contributed by atoms with van der Waals surface area (Å²) < 4.78 is 0. The zero-order valence-electron chi connectivity index (χ0n) is 11.1. The number of benzene rings is 1. The Balaban J connectivity index is 2.11. The maximum absolute atomic E-state index is 12.4. The molecular formula is C15H19NO3. The van der Waals surface area contributed by atoms with E-state index in [0.717, 1.165) is 6.54 Å². The van der Waals surface area contributed by atoms with Crippen molar-refractivity contribution in [3.8, 4) is 0 Å². The molecule has 4 nitrogen and oxygen atoms in total. The number of nitrogens with zero attached hydrogens (tertiary/aromatic N) is 1. The van der Waals surface area contributed by atoms with Gasteiger partial charge in [0, 0.05) is 18.7 Å². The number of carbonyl (C=O) groups is 2. The number of hydrogen-bond donors (Lipinski definition) is 1. The highest BCUT2D eigenvalue weighted by atomic mass is 16.4. The molecule has 0 atom stereocenters. The van der Waals surface area contributed by atoms with Crippen molar-refractivity contribution >= 4 is 11.9 Å². The van der Waals surface area contributed by atoms with Crippen LogP contribution in [0.5, 0.6) is 0 Å². The third-order valence-corrected chi connectivity index (χ3v) is 3.73. The smallest absolute Gasteiger partial charge is 0.335 e. The minimum Gasteiger partial charge on any atom is -0.478 e. The Kier molecular flexibility index (Phi) is 4.20. The molecule has 0 radical (unpaired) electrons. The van der Waals surface area contributed by atoms with Crippen molar-refractivity contribution in [1.82, 2.24) is 4.90 Å². The van der Waals surface area contributed by atoms with Crippen LogP contribution < -0.4 is 0 Å². The Labute approximate surface area is 113 Å². The van der Waals surface area contributed by atoms with Crippen LogP contribution in [0.15, 0.2) is 24.3 Å². The quantitative estimate of drug-likeness (QED) is 0.886. The first kappa shape index (κ1) is 13.6. The second-order valence-corrected chi connectivity index (χ2v) is 5.03. The Hall–Kier alpha value is -1.84. The van der Waals surface area contributed by atoms with Crippen molar-refractivity contribution in [1.29, 1.82) is 0 Å². The molecule has 1 N–H and O–H groups in total. The van der Waals surface area contributed by atoms with Gasteiger partial charge >= 0.3 is 5.97 Å². The van der Waals surface area contributed by atoms with Gasteiger partial charge in [-0.15, -0.1) is 0 Å². The van der Waals surface area contributed by atoms with Crippen LogP contribution in [0.4, 0.5) is 0 Å². The van der Waals surface area contributed by atoms with Gasteiger partial charge in [-0.25, -0.2) is 4.79 Å². The zero-order valence-corrected chi connectivity index (χ0v) is 11.1. The van der Waals surface area contributed by atoms with E-state index in [-0.39, 0.29) is 11.5 Å². The van der Waals surface area contributed by atoms with Crippen LogP contribution in [0.1, 0.15) is 46.9 Å². The second kappa shape index (κ2) is 5.87. The average Bonchev–Trinajstić information content (AvgIpc) is 2.37. The van der Waals surface area contributed by atoms with Gasteiger partial charge in [-0.05, 0) is 43.9 Å². The lowest BCUT2D eigenvalue weighted by Crippen LogP contribution is -2.37. The molecule has 2 rings (SSSR count). The molecule has 1 amide bonds. The molecule has 0 spiro atoms. The van der Waals surface area contributed by atoms with Gasteiger partial charge in [0.25, 0.3) is 5.91 Å². The summed E-state index contributed by atoms with van der Waals surface area (Å²) in [6.07, 6.45) is 3.64. The van der Waals surface area contributed by atoms with E-state index >= 15 is 0 Å². The predicted octanol–water partition coefficient (Wildman–Crippen LogP) is 2.65. The van der Waals surface area contributed by atoms with Crippen LogP contribution in [0.2, 0.25) is 0 Å². The second-order valence-electron chi connectivity index (χ2n) is 5.03. The fraction of sp³-hybridized carbons (Fsp3) is 0.467. The fourth-order valence-electron chi connectivity index (χ4n) is 2.31. The number of carboxylic acids is 1. The standard InChI is InChI=1S/C15H19NO3/c1-2-16(10-11-5-3-6-11)14(17)12-7-4-8-13(9-12)15(18)19/h4,7-9,11H,2-3,5-6,10H2,1H3,(H,18,19). The molecule has 1 saturated carbocycles. The van der Waals surface area contributed by atoms with E-state index in [0.29, 0.717) is 18.0 Å². The molecule has 0 aliphatic heterocycles. The lowest BCUT2D eigenvalue weighted by molar-refractivity contribution is 0.0697. The number of aromatic carboxylic acids is 1. The SMILES string of the molecule is CCN(CC1CCC1)C(=O)c1cccc(C(=O)O)c1. The molecule has 19 heavy (non-hydrogen) atoms. The molecule has 1 aromatic carbocycles. The van der Waals surface area contributed by atoms with Gasteiger partial charge in [-0.3, -0.25) is 4.79 Å². The van der Waals surface area contributed by atoms with Crippen molar-refractivity contribution < 1.29 is 14.7 Å². The molecule has 0 aromatic heterocycles. The van der Waals surface area contributed by atoms with E-state index in [2.05, 4.69) is 0 Å². The van der Waals surface area contributed by atoms with Crippen LogP contribution in [0, 0.1) is 5.92 Å². The molecule has 1 fully saturated rings. The Morgan fingerprint density at radius 1 is 1.32 bits per heavy atom. The molecular weight excluding hydrogens is 242 g/mol. The van der Waals surface area contributed by atoms with E-state index in [1.165, 1.54) is 31.4 Å². The fourth-order valence-corrected chi connectivity index (χ4v) is 2.31. The summed E-state index contributed by atoms with van der Waals surface area (Å²) in [5, 5.41) is 8.95. The van der Waals surface area contributed by atoms with Gasteiger partial charge in [0.1, 0.15) is 0 Å². The van der Waals surface area contributed by atoms with Crippen molar-refractivity contribution in [2.45, 2.75) is 26.2 Å². The molecule has 0 bridgehead atoms. The number of carboxylic acid groups (broad SMARTS) is 1. The van der Waals surface area contributed by atoms with Crippen molar-refractivity contribution in [3.05, 3.63) is 35.4 Å². The first-order valence-corrected chi connectivity index (χ1v) is 6.74. The van der Waals surface area contributed by atoms with Crippen molar-refractivity contribution in [3.63, 3.8) is 0 Å². The van der Waals surface area contributed by atoms with E-state index < -0.39 is 5.97 Å². The van der Waals surface area contributed by atoms with Crippen LogP contribution in [-0.2, 0) is 0 Å². The van der Waals surface area contributed by atoms with Crippen LogP contribution in [-0.4, -0.2) is 35.0 Å². The highest BCUT2D eigenvalue weighted by Gasteiger charge is 2.23. The Morgan fingerprint density at radius 3 is 2.53 bits per heavy atom. The minimum absolute atomic E-state index is 0.0718. The summed E-state index contributed by atoms with van der Waals surface area (Å²) in [7, 11) is 0. The highest BCUT2D eigenvalue weighted by molar-refractivity contribution is 5.97. The third kappa shape index (κ3) is 3.13. The highest BCUT2D eigenvalue weighted by Crippen LogP contribution is 2.27. The molecule has 0 saturated heterocycles. The molecule has 0 heterocycles. The molecule has 4 heteroatoms. The van der Waals surface area contributed by atoms with Gasteiger partial charge in [0.2, 0.25) is 0 Å². The monoisotopic (exact) mass is 261 g/mol. The summed E-state index contributed by atoms with van der Waals surface area (Å²) in [5.74, 6) is -0.458. The largest absolute Gasteiger partial charge is 0.478 e. The Bertz CT molecular complexity index is 480. The number of amides is 1. The Morgan fingerprint density at radius 2 is 2.00 bits per heavy atom. The molecule has 0 unspecified atom stereocenters. The maximum atomic E-state index is 12.4. The van der Waals surface area contributed by atoms with Gasteiger partial charge in [0.15, 0.2) is 0 Å². The molecule has 102 valence electrons. The van der Waals surface area contributed by atoms with Gasteiger partial charge in [-0.2, -0.15) is 0 Å². The van der Waals surface area contributed by atoms with Crippen LogP contribution >= 0.6 is 0 Å². The first-order chi connectivity index (χ1) is 9.11. The number of hydrogen-bond acceptors (Lipinski definition) is 2. The average molecular weight is 261 g/mol. The third-order valence-electron chi connectivity index (χ3n) is 3.73. The van der Waals surface area contributed by atoms with Crippen LogP contribution in [0.25, 0.3) is 0 Å². The number of carbonyl (C=O) groups excluding carboxylic acids is 1. The van der Waals surface area contributed by atoms with Crippen molar-refractivity contribution in [2.75, 3.05) is 13.1 Å². The topological polar surface area (TPSA) is 57.6 Å². The lowest BCUT2D eigenvalue weighted by atomic mass is 9.85. The van der Waals surface area contributed by atoms with Gasteiger partial charge in [0.05, 0.1) is 5.56 Å². The predicted molar refractivity (Wildman–Crippen MR) is 72.3 cm³/mol. The lowest BCUT2D eigenvalue weighted by Gasteiger charge is -2.31. The first-order valence-electron chi connectivity index (χ1n) is 6.74. The van der Waals surface area contributed by atoms with E-state index in [4.69, 9.17) is 5.11 Å². The summed E-state index contributed by atoms with van der Waals surface area (Å²) >= 11 is 0. The minimum atomic E-state index is -1.00. The number of rotatable bonds is 5. The summed E-state index contributed by atoms with van der Waals surface area (Å²) in [6.45, 7) is 3.40. The summed E-state index contributed by atoms with van der Waals surface area (Å²) in [4.78, 5) is 25.1. The molecule has 1 aromatic rings. The van der Waals surface area contributed by atoms with E-state index in [9.17, 15) is 9.59 Å². The van der Waals surface area contributed by atoms with E-state index in [1.54, 1.807) is 12.1 Å². The zero-order chi connectivity index (χ0) is 13.8. The van der Waals surface area contributed by atoms with Gasteiger partial charge < -0.3 is 10.0 Å². The van der Waals surface area contributed by atoms with Crippen molar-refractivity contribution in [2.24, 2.45) is 5.92 Å². The maximum Gasteiger partial charge on any atom is 0.335 e. The summed E-state index contributed by atoms with van der Waals surface area (Å²) in [6, 6.07) is 6.25. The summed E-state index contributed by atoms with van der Waals surface area (Å²) in [5.41, 5.74) is 0.617. The normalized spacial score (nSPS) is 14.8.